The number of likely N-dealkylation sites (tertiary alicyclic amines) is 1. The predicted molar refractivity (Wildman–Crippen MR) is 219 cm³/mol. The van der Waals surface area contributed by atoms with E-state index in [4.69, 9.17) is 0 Å². The van der Waals surface area contributed by atoms with Crippen LogP contribution in [-0.2, 0) is 11.5 Å². The summed E-state index contributed by atoms with van der Waals surface area (Å²) in [5.74, 6) is -2.13. The zero-order valence-electron chi connectivity index (χ0n) is 32.1. The van der Waals surface area contributed by atoms with Crippen molar-refractivity contribution in [1.82, 2.24) is 19.2 Å². The van der Waals surface area contributed by atoms with Crippen LogP contribution in [0.2, 0.25) is 0 Å². The van der Waals surface area contributed by atoms with Crippen molar-refractivity contribution in [2.75, 3.05) is 55.4 Å². The summed E-state index contributed by atoms with van der Waals surface area (Å²) < 4.78 is 61.0. The number of rotatable bonds is 11. The quantitative estimate of drug-likeness (QED) is 0.0778. The van der Waals surface area contributed by atoms with Gasteiger partial charge in [0.25, 0.3) is 0 Å². The van der Waals surface area contributed by atoms with E-state index in [1.54, 1.807) is 18.3 Å². The van der Waals surface area contributed by atoms with Crippen LogP contribution >= 0.6 is 0 Å². The van der Waals surface area contributed by atoms with Gasteiger partial charge in [0.05, 0.1) is 23.4 Å². The Bertz CT molecular complexity index is 2390. The number of pyridine rings is 1. The van der Waals surface area contributed by atoms with Crippen LogP contribution in [0.25, 0.3) is 22.2 Å². The van der Waals surface area contributed by atoms with E-state index < -0.39 is 40.7 Å². The Hall–Kier alpha value is -5.20. The van der Waals surface area contributed by atoms with Crippen molar-refractivity contribution < 1.29 is 27.3 Å². The minimum atomic E-state index is -1.99. The molecule has 2 N–H and O–H groups in total. The van der Waals surface area contributed by atoms with Crippen molar-refractivity contribution >= 4 is 46.0 Å². The maximum Gasteiger partial charge on any atom is 0.201 e. The third-order valence-corrected chi connectivity index (χ3v) is 13.2. The van der Waals surface area contributed by atoms with Crippen molar-refractivity contribution in [3.8, 4) is 17.2 Å². The van der Waals surface area contributed by atoms with Crippen LogP contribution in [0.5, 0.6) is 0 Å². The van der Waals surface area contributed by atoms with Crippen LogP contribution in [-0.4, -0.2) is 87.8 Å². The number of fused-ring (bicyclic) bond motifs is 1. The number of alkyl halides is 1. The highest BCUT2D eigenvalue weighted by molar-refractivity contribution is 7.90. The molecule has 3 saturated heterocycles. The number of ketones is 1. The van der Waals surface area contributed by atoms with Crippen LogP contribution in [0.4, 0.5) is 24.5 Å². The summed E-state index contributed by atoms with van der Waals surface area (Å²) in [6.45, 7) is 6.99. The molecule has 0 spiro atoms. The Morgan fingerprint density at radius 2 is 1.81 bits per heavy atom. The van der Waals surface area contributed by atoms with Crippen molar-refractivity contribution in [3.63, 3.8) is 0 Å². The first kappa shape index (κ1) is 39.6. The van der Waals surface area contributed by atoms with E-state index in [0.717, 1.165) is 93.6 Å². The number of anilines is 2. The summed E-state index contributed by atoms with van der Waals surface area (Å²) in [7, 11) is 0. The number of carbonyl (C=O) groups excluding carboxylic acids is 2. The molecule has 3 aliphatic heterocycles. The molecule has 3 aliphatic rings. The molecular weight excluding hydrogens is 764 g/mol. The molecule has 14 heteroatoms. The summed E-state index contributed by atoms with van der Waals surface area (Å²) in [6, 6.07) is 17.9. The van der Waals surface area contributed by atoms with Gasteiger partial charge in [0.15, 0.2) is 17.4 Å². The molecule has 10 nitrogen and oxygen atoms in total. The zero-order valence-corrected chi connectivity index (χ0v) is 33.0. The first-order chi connectivity index (χ1) is 28.1. The van der Waals surface area contributed by atoms with Gasteiger partial charge in [-0.05, 0) is 111 Å². The average molecular weight is 808 g/mol. The molecule has 5 aromatic rings. The second kappa shape index (κ2) is 17.0. The van der Waals surface area contributed by atoms with E-state index in [1.807, 2.05) is 25.1 Å². The minimum Gasteiger partial charge on any atom is -0.573 e. The first-order valence-electron chi connectivity index (χ1n) is 19.7. The number of aryl methyl sites for hydroxylation is 1. The van der Waals surface area contributed by atoms with Crippen molar-refractivity contribution in [1.29, 1.82) is 5.26 Å². The molecule has 2 atom stereocenters. The van der Waals surface area contributed by atoms with E-state index in [2.05, 4.69) is 42.7 Å². The SMILES string of the molecule is Cc1cc(C2CCN(CC3CCN(c4ccc(-c5cnc6[nH]cc(C(=O)c7c(F)ccc(N[S+]([O-])N8CCC(F)C8)c7F)c6c5)cc4C#N)CC3)CC2)ccc1C=O. The number of aromatic nitrogens is 2. The number of hydrogen-bond donors (Lipinski definition) is 2. The lowest BCUT2D eigenvalue weighted by Crippen LogP contribution is -2.41. The standard InChI is InChI=1S/C44H44F3N7O3S/c1-27-18-30(2-3-32(27)26-55)29-10-13-52(14-11-29)24-28-8-15-53(16-9-28)40-7-4-31(19-33(40)21-48)34-20-36-37(23-50-44(36)49-22-34)43(56)41-38(46)5-6-39(42(41)47)51-58(57)54-17-12-35(45)25-54/h2-7,18-20,22-23,26,28-29,35,51H,8-17,24-25H2,1H3,(H,49,50). The van der Waals surface area contributed by atoms with Crippen molar-refractivity contribution in [2.45, 2.75) is 51.1 Å². The molecule has 2 aromatic heterocycles. The third kappa shape index (κ3) is 8.09. The number of carbonyl (C=O) groups is 2. The molecule has 3 aromatic carbocycles. The van der Waals surface area contributed by atoms with Crippen LogP contribution in [0, 0.1) is 35.8 Å². The second-order valence-electron chi connectivity index (χ2n) is 15.6. The molecule has 0 bridgehead atoms. The van der Waals surface area contributed by atoms with Gasteiger partial charge in [-0.2, -0.15) is 9.98 Å². The van der Waals surface area contributed by atoms with Gasteiger partial charge in [-0.3, -0.25) is 9.59 Å². The molecule has 300 valence electrons. The topological polar surface area (TPSA) is 131 Å². The molecule has 0 saturated carbocycles. The summed E-state index contributed by atoms with van der Waals surface area (Å²) in [5, 5.41) is 10.6. The number of hydrogen-bond acceptors (Lipinski definition) is 9. The highest BCUT2D eigenvalue weighted by atomic mass is 32.2. The number of nitrogens with zero attached hydrogens (tertiary/aromatic N) is 5. The van der Waals surface area contributed by atoms with E-state index in [9.17, 15) is 23.8 Å². The van der Waals surface area contributed by atoms with Gasteiger partial charge in [-0.25, -0.2) is 18.2 Å². The minimum absolute atomic E-state index is 0.00920. The number of aromatic amines is 1. The summed E-state index contributed by atoms with van der Waals surface area (Å²) in [4.78, 5) is 37.2. The molecular formula is C44H44F3N7O3S. The number of benzene rings is 3. The molecule has 0 aliphatic carbocycles. The average Bonchev–Trinajstić information content (AvgIpc) is 3.88. The van der Waals surface area contributed by atoms with Crippen LogP contribution < -0.4 is 9.62 Å². The van der Waals surface area contributed by atoms with Crippen molar-refractivity contribution in [3.05, 3.63) is 112 Å². The van der Waals surface area contributed by atoms with Gasteiger partial charge < -0.3 is 19.3 Å². The second-order valence-corrected chi connectivity index (χ2v) is 16.9. The number of H-pyrrole nitrogens is 1. The summed E-state index contributed by atoms with van der Waals surface area (Å²) >= 11 is -1.99. The first-order valence-corrected chi connectivity index (χ1v) is 20.9. The fourth-order valence-electron chi connectivity index (χ4n) is 8.66. The Morgan fingerprint density at radius 1 is 1.02 bits per heavy atom. The number of nitriles is 1. The largest absolute Gasteiger partial charge is 0.573 e. The Kier molecular flexibility index (Phi) is 11.6. The zero-order chi connectivity index (χ0) is 40.5. The molecule has 5 heterocycles. The van der Waals surface area contributed by atoms with Crippen LogP contribution in [0.1, 0.15) is 81.0 Å². The smallest absolute Gasteiger partial charge is 0.201 e. The molecule has 0 amide bonds. The van der Waals surface area contributed by atoms with E-state index >= 15 is 8.78 Å². The third-order valence-electron chi connectivity index (χ3n) is 12.0. The lowest BCUT2D eigenvalue weighted by molar-refractivity contribution is 0.103. The summed E-state index contributed by atoms with van der Waals surface area (Å²) in [5.41, 5.74) is 4.97. The fourth-order valence-corrected chi connectivity index (χ4v) is 9.70. The maximum absolute atomic E-state index is 15.7. The number of piperidine rings is 2. The Balaban J connectivity index is 0.919. The van der Waals surface area contributed by atoms with Crippen LogP contribution in [0.3, 0.4) is 0 Å². The highest BCUT2D eigenvalue weighted by Gasteiger charge is 2.33. The lowest BCUT2D eigenvalue weighted by Gasteiger charge is -2.38. The van der Waals surface area contributed by atoms with Gasteiger partial charge in [-0.15, -0.1) is 4.31 Å². The number of halogens is 3. The monoisotopic (exact) mass is 807 g/mol. The van der Waals surface area contributed by atoms with E-state index in [1.165, 1.54) is 16.1 Å². The van der Waals surface area contributed by atoms with Gasteiger partial charge in [0.2, 0.25) is 5.78 Å². The van der Waals surface area contributed by atoms with Gasteiger partial charge >= 0.3 is 0 Å². The Labute approximate surface area is 338 Å². The van der Waals surface area contributed by atoms with Crippen LogP contribution in [0.15, 0.2) is 67.0 Å². The molecule has 0 radical (unpaired) electrons. The van der Waals surface area contributed by atoms with Gasteiger partial charge in [0.1, 0.15) is 35.7 Å². The highest BCUT2D eigenvalue weighted by Crippen LogP contribution is 2.35. The predicted octanol–water partition coefficient (Wildman–Crippen LogP) is 7.86. The maximum atomic E-state index is 15.7. The molecule has 3 fully saturated rings. The normalized spacial score (nSPS) is 19.0. The summed E-state index contributed by atoms with van der Waals surface area (Å²) in [6.07, 6.45) is 7.20. The van der Waals surface area contributed by atoms with E-state index in [-0.39, 0.29) is 30.8 Å². The van der Waals surface area contributed by atoms with Gasteiger partial charge in [0, 0.05) is 60.6 Å². The molecule has 8 rings (SSSR count). The molecule has 2 unspecified atom stereocenters. The lowest BCUT2D eigenvalue weighted by atomic mass is 9.87. The number of aldehydes is 1. The van der Waals surface area contributed by atoms with Crippen molar-refractivity contribution in [2.24, 2.45) is 5.92 Å². The van der Waals surface area contributed by atoms with Gasteiger partial charge in [-0.1, -0.05) is 24.3 Å². The van der Waals surface area contributed by atoms with E-state index in [0.29, 0.717) is 39.6 Å². The Morgan fingerprint density at radius 3 is 2.52 bits per heavy atom. The molecule has 58 heavy (non-hydrogen) atoms. The fraction of sp³-hybridized carbons (Fsp3) is 0.364. The number of nitrogens with one attached hydrogen (secondary N) is 2.